The van der Waals surface area contributed by atoms with E-state index in [2.05, 4.69) is 17.4 Å². The Balaban J connectivity index is 2.04. The number of aliphatic hydroxyl groups excluding tert-OH is 1. The molecule has 0 bridgehead atoms. The Morgan fingerprint density at radius 1 is 0.944 bits per heavy atom. The van der Waals surface area contributed by atoms with Gasteiger partial charge < -0.3 is 10.4 Å². The van der Waals surface area contributed by atoms with Crippen LogP contribution in [0.15, 0.2) is 54.6 Å². The normalized spacial score (nSPS) is 10.1. The summed E-state index contributed by atoms with van der Waals surface area (Å²) >= 11 is 0. The van der Waals surface area contributed by atoms with Crippen molar-refractivity contribution in [3.05, 3.63) is 60.2 Å². The number of benzene rings is 2. The fourth-order valence-electron chi connectivity index (χ4n) is 1.70. The lowest BCUT2D eigenvalue weighted by molar-refractivity contribution is -0.123. The summed E-state index contributed by atoms with van der Waals surface area (Å²) in [6, 6.07) is 18.1. The Morgan fingerprint density at radius 3 is 2.17 bits per heavy atom. The van der Waals surface area contributed by atoms with Crippen molar-refractivity contribution in [1.29, 1.82) is 0 Å². The van der Waals surface area contributed by atoms with E-state index in [0.717, 1.165) is 11.1 Å². The minimum absolute atomic E-state index is 0.359. The fraction of sp³-hybridized carbons (Fsp3) is 0.133. The predicted octanol–water partition coefficient (Wildman–Crippen LogP) is 1.96. The zero-order valence-electron chi connectivity index (χ0n) is 9.97. The van der Waals surface area contributed by atoms with Crippen LogP contribution in [0.1, 0.15) is 5.56 Å². The van der Waals surface area contributed by atoms with Gasteiger partial charge in [0.05, 0.1) is 0 Å². The molecule has 1 amide bonds. The molecule has 0 unspecified atom stereocenters. The van der Waals surface area contributed by atoms with Gasteiger partial charge in [-0.2, -0.15) is 0 Å². The van der Waals surface area contributed by atoms with Crippen molar-refractivity contribution in [2.24, 2.45) is 0 Å². The van der Waals surface area contributed by atoms with Crippen LogP contribution < -0.4 is 5.32 Å². The zero-order valence-corrected chi connectivity index (χ0v) is 9.97. The van der Waals surface area contributed by atoms with Gasteiger partial charge in [0.25, 0.3) is 0 Å². The second-order valence-electron chi connectivity index (χ2n) is 4.00. The van der Waals surface area contributed by atoms with E-state index in [1.54, 1.807) is 0 Å². The molecule has 3 heteroatoms. The van der Waals surface area contributed by atoms with Gasteiger partial charge in [0, 0.05) is 6.54 Å². The minimum atomic E-state index is -0.470. The molecule has 2 N–H and O–H groups in total. The van der Waals surface area contributed by atoms with Gasteiger partial charge in [-0.3, -0.25) is 4.79 Å². The largest absolute Gasteiger partial charge is 0.387 e. The predicted molar refractivity (Wildman–Crippen MR) is 70.8 cm³/mol. The number of carbonyl (C=O) groups excluding carboxylic acids is 1. The molecule has 2 aromatic carbocycles. The average molecular weight is 241 g/mol. The van der Waals surface area contributed by atoms with Crippen molar-refractivity contribution in [2.75, 3.05) is 6.61 Å². The first-order valence-corrected chi connectivity index (χ1v) is 5.81. The SMILES string of the molecule is O=C(CO)NCc1ccc(-c2ccccc2)cc1. The number of hydrogen-bond acceptors (Lipinski definition) is 2. The van der Waals surface area contributed by atoms with Gasteiger partial charge in [-0.15, -0.1) is 0 Å². The van der Waals surface area contributed by atoms with Gasteiger partial charge in [0.2, 0.25) is 5.91 Å². The van der Waals surface area contributed by atoms with Crippen LogP contribution in [0, 0.1) is 0 Å². The molecule has 0 aliphatic heterocycles. The summed E-state index contributed by atoms with van der Waals surface area (Å²) in [5.41, 5.74) is 3.33. The van der Waals surface area contributed by atoms with Crippen LogP contribution in [0.2, 0.25) is 0 Å². The van der Waals surface area contributed by atoms with Crippen molar-refractivity contribution < 1.29 is 9.90 Å². The van der Waals surface area contributed by atoms with Gasteiger partial charge in [0.15, 0.2) is 0 Å². The monoisotopic (exact) mass is 241 g/mol. The summed E-state index contributed by atoms with van der Waals surface area (Å²) in [5.74, 6) is -0.359. The molecule has 0 atom stereocenters. The molecule has 18 heavy (non-hydrogen) atoms. The van der Waals surface area contributed by atoms with Gasteiger partial charge >= 0.3 is 0 Å². The molecule has 0 heterocycles. The summed E-state index contributed by atoms with van der Waals surface area (Å²) < 4.78 is 0. The Hall–Kier alpha value is -2.13. The lowest BCUT2D eigenvalue weighted by Gasteiger charge is -2.05. The highest BCUT2D eigenvalue weighted by Crippen LogP contribution is 2.18. The molecule has 3 nitrogen and oxygen atoms in total. The highest BCUT2D eigenvalue weighted by Gasteiger charge is 2.00. The number of nitrogens with one attached hydrogen (secondary N) is 1. The molecule has 0 spiro atoms. The third kappa shape index (κ3) is 3.18. The highest BCUT2D eigenvalue weighted by atomic mass is 16.3. The van der Waals surface area contributed by atoms with E-state index >= 15 is 0 Å². The Bertz CT molecular complexity index is 506. The van der Waals surface area contributed by atoms with E-state index in [4.69, 9.17) is 5.11 Å². The highest BCUT2D eigenvalue weighted by molar-refractivity contribution is 5.76. The van der Waals surface area contributed by atoms with E-state index in [1.165, 1.54) is 5.56 Å². The molecule has 0 saturated heterocycles. The van der Waals surface area contributed by atoms with Crippen LogP contribution in [0.3, 0.4) is 0 Å². The quantitative estimate of drug-likeness (QED) is 0.859. The summed E-state index contributed by atoms with van der Waals surface area (Å²) in [7, 11) is 0. The molecule has 0 aliphatic carbocycles. The summed E-state index contributed by atoms with van der Waals surface area (Å²) in [6.07, 6.45) is 0. The van der Waals surface area contributed by atoms with Crippen molar-refractivity contribution in [1.82, 2.24) is 5.32 Å². The molecule has 0 aromatic heterocycles. The van der Waals surface area contributed by atoms with E-state index in [0.29, 0.717) is 6.54 Å². The van der Waals surface area contributed by atoms with Crippen LogP contribution in [-0.4, -0.2) is 17.6 Å². The van der Waals surface area contributed by atoms with Crippen molar-refractivity contribution in [3.8, 4) is 11.1 Å². The maximum atomic E-state index is 10.9. The molecule has 2 aromatic rings. The summed E-state index contributed by atoms with van der Waals surface area (Å²) in [4.78, 5) is 10.9. The lowest BCUT2D eigenvalue weighted by Crippen LogP contribution is -2.25. The Morgan fingerprint density at radius 2 is 1.56 bits per heavy atom. The summed E-state index contributed by atoms with van der Waals surface area (Å²) in [5, 5.41) is 11.2. The second kappa shape index (κ2) is 5.98. The number of carbonyl (C=O) groups is 1. The lowest BCUT2D eigenvalue weighted by atomic mass is 10.0. The smallest absolute Gasteiger partial charge is 0.245 e. The van der Waals surface area contributed by atoms with E-state index < -0.39 is 6.61 Å². The average Bonchev–Trinajstić information content (AvgIpc) is 2.46. The third-order valence-corrected chi connectivity index (χ3v) is 2.69. The number of rotatable bonds is 4. The van der Waals surface area contributed by atoms with Gasteiger partial charge in [0.1, 0.15) is 6.61 Å². The molecule has 92 valence electrons. The first-order chi connectivity index (χ1) is 8.79. The maximum Gasteiger partial charge on any atom is 0.245 e. The maximum absolute atomic E-state index is 10.9. The Labute approximate surface area is 106 Å². The second-order valence-corrected chi connectivity index (χ2v) is 4.00. The van der Waals surface area contributed by atoms with Crippen LogP contribution in [-0.2, 0) is 11.3 Å². The molecule has 2 rings (SSSR count). The van der Waals surface area contributed by atoms with Crippen molar-refractivity contribution >= 4 is 5.91 Å². The molecule has 0 saturated carbocycles. The standard InChI is InChI=1S/C15H15NO2/c17-11-15(18)16-10-12-6-8-14(9-7-12)13-4-2-1-3-5-13/h1-9,17H,10-11H2,(H,16,18). The van der Waals surface area contributed by atoms with Crippen LogP contribution in [0.4, 0.5) is 0 Å². The fourth-order valence-corrected chi connectivity index (χ4v) is 1.70. The Kier molecular flexibility index (Phi) is 4.10. The minimum Gasteiger partial charge on any atom is -0.387 e. The number of amides is 1. The molecular weight excluding hydrogens is 226 g/mol. The topological polar surface area (TPSA) is 49.3 Å². The van der Waals surface area contributed by atoms with Crippen LogP contribution in [0.25, 0.3) is 11.1 Å². The molecular formula is C15H15NO2. The van der Waals surface area contributed by atoms with Crippen molar-refractivity contribution in [3.63, 3.8) is 0 Å². The van der Waals surface area contributed by atoms with E-state index in [9.17, 15) is 4.79 Å². The van der Waals surface area contributed by atoms with Crippen molar-refractivity contribution in [2.45, 2.75) is 6.54 Å². The molecule has 0 aliphatic rings. The first kappa shape index (κ1) is 12.3. The summed E-state index contributed by atoms with van der Waals surface area (Å²) in [6.45, 7) is -0.0312. The molecule has 0 radical (unpaired) electrons. The van der Waals surface area contributed by atoms with Crippen LogP contribution in [0.5, 0.6) is 0 Å². The van der Waals surface area contributed by atoms with Gasteiger partial charge in [-0.05, 0) is 16.7 Å². The first-order valence-electron chi connectivity index (χ1n) is 5.81. The van der Waals surface area contributed by atoms with Gasteiger partial charge in [-0.25, -0.2) is 0 Å². The number of aliphatic hydroxyl groups is 1. The van der Waals surface area contributed by atoms with Crippen LogP contribution >= 0.6 is 0 Å². The zero-order chi connectivity index (χ0) is 12.8. The third-order valence-electron chi connectivity index (χ3n) is 2.69. The van der Waals surface area contributed by atoms with E-state index in [1.807, 2.05) is 42.5 Å². The van der Waals surface area contributed by atoms with Gasteiger partial charge in [-0.1, -0.05) is 54.6 Å². The molecule has 0 fully saturated rings. The van der Waals surface area contributed by atoms with E-state index in [-0.39, 0.29) is 5.91 Å². The number of hydrogen-bond donors (Lipinski definition) is 2.